The van der Waals surface area contributed by atoms with Gasteiger partial charge in [0.15, 0.2) is 5.78 Å². The Kier molecular flexibility index (Phi) is 7.66. The zero-order chi connectivity index (χ0) is 24.0. The van der Waals surface area contributed by atoms with Crippen molar-refractivity contribution >= 4 is 17.6 Å². The summed E-state index contributed by atoms with van der Waals surface area (Å²) in [4.78, 5) is 41.0. The predicted octanol–water partition coefficient (Wildman–Crippen LogP) is 2.95. The van der Waals surface area contributed by atoms with Crippen LogP contribution in [-0.4, -0.2) is 56.6 Å². The van der Waals surface area contributed by atoms with Gasteiger partial charge in [0.2, 0.25) is 5.91 Å². The lowest BCUT2D eigenvalue weighted by atomic mass is 10.1. The Morgan fingerprint density at radius 2 is 1.76 bits per heavy atom. The van der Waals surface area contributed by atoms with Crippen molar-refractivity contribution in [3.8, 4) is 5.69 Å². The maximum Gasteiger partial charge on any atom is 0.256 e. The minimum atomic E-state index is -0.436. The van der Waals surface area contributed by atoms with E-state index in [1.807, 2.05) is 19.9 Å². The van der Waals surface area contributed by atoms with E-state index < -0.39 is 11.9 Å². The Morgan fingerprint density at radius 3 is 2.39 bits per heavy atom. The van der Waals surface area contributed by atoms with Crippen LogP contribution in [0, 0.1) is 12.7 Å². The van der Waals surface area contributed by atoms with Crippen LogP contribution < -0.4 is 5.32 Å². The highest BCUT2D eigenvalue weighted by atomic mass is 19.1. The molecule has 0 aliphatic rings. The highest BCUT2D eigenvalue weighted by Crippen LogP contribution is 2.19. The Morgan fingerprint density at radius 1 is 1.09 bits per heavy atom. The third-order valence-electron chi connectivity index (χ3n) is 5.24. The first-order valence-corrected chi connectivity index (χ1v) is 10.6. The largest absolute Gasteiger partial charge is 0.349 e. The van der Waals surface area contributed by atoms with E-state index in [0.717, 1.165) is 5.56 Å². The SMILES string of the molecule is CCN(C(=O)c1cc(C)ccc1-n1nccn1)[C@@H](C)CC(=O)NCC(=O)c1ccc(F)cc1. The third-order valence-corrected chi connectivity index (χ3v) is 5.24. The van der Waals surface area contributed by atoms with Crippen LogP contribution in [0.15, 0.2) is 54.9 Å². The maximum atomic E-state index is 13.4. The molecule has 2 aromatic carbocycles. The Bertz CT molecular complexity index is 1130. The number of nitrogens with one attached hydrogen (secondary N) is 1. The molecular weight excluding hydrogens is 425 g/mol. The molecule has 1 aromatic heterocycles. The van der Waals surface area contributed by atoms with Gasteiger partial charge in [0.05, 0.1) is 30.2 Å². The third kappa shape index (κ3) is 5.88. The quantitative estimate of drug-likeness (QED) is 0.505. The monoisotopic (exact) mass is 451 g/mol. The highest BCUT2D eigenvalue weighted by molar-refractivity contribution is 6.00. The summed E-state index contributed by atoms with van der Waals surface area (Å²) < 4.78 is 13.0. The van der Waals surface area contributed by atoms with Crippen LogP contribution in [0.3, 0.4) is 0 Å². The molecule has 1 heterocycles. The minimum Gasteiger partial charge on any atom is -0.349 e. The molecule has 2 amide bonds. The van der Waals surface area contributed by atoms with Crippen LogP contribution in [0.5, 0.6) is 0 Å². The van der Waals surface area contributed by atoms with E-state index in [-0.39, 0.29) is 30.6 Å². The second-order valence-corrected chi connectivity index (χ2v) is 7.69. The average Bonchev–Trinajstić information content (AvgIpc) is 3.33. The van der Waals surface area contributed by atoms with Crippen molar-refractivity contribution in [3.63, 3.8) is 0 Å². The van der Waals surface area contributed by atoms with Crippen molar-refractivity contribution in [2.75, 3.05) is 13.1 Å². The summed E-state index contributed by atoms with van der Waals surface area (Å²) in [5.74, 6) is -1.36. The highest BCUT2D eigenvalue weighted by Gasteiger charge is 2.25. The molecule has 33 heavy (non-hydrogen) atoms. The van der Waals surface area contributed by atoms with E-state index in [1.165, 1.54) is 41.5 Å². The first-order chi connectivity index (χ1) is 15.8. The summed E-state index contributed by atoms with van der Waals surface area (Å²) in [5.41, 5.74) is 2.21. The van der Waals surface area contributed by atoms with Crippen LogP contribution in [0.25, 0.3) is 5.69 Å². The van der Waals surface area contributed by atoms with Gasteiger partial charge in [-0.3, -0.25) is 14.4 Å². The summed E-state index contributed by atoms with van der Waals surface area (Å²) in [6.45, 7) is 5.70. The molecule has 0 fully saturated rings. The normalized spacial score (nSPS) is 11.6. The molecular formula is C24H26FN5O3. The van der Waals surface area contributed by atoms with Crippen molar-refractivity contribution in [1.82, 2.24) is 25.2 Å². The van der Waals surface area contributed by atoms with Crippen molar-refractivity contribution in [2.24, 2.45) is 0 Å². The fourth-order valence-electron chi connectivity index (χ4n) is 3.51. The molecule has 0 bridgehead atoms. The van der Waals surface area contributed by atoms with E-state index in [0.29, 0.717) is 23.4 Å². The van der Waals surface area contributed by atoms with Crippen LogP contribution in [-0.2, 0) is 4.79 Å². The van der Waals surface area contributed by atoms with Crippen molar-refractivity contribution in [2.45, 2.75) is 33.2 Å². The number of nitrogens with zero attached hydrogens (tertiary/aromatic N) is 4. The first-order valence-electron chi connectivity index (χ1n) is 10.6. The van der Waals surface area contributed by atoms with Gasteiger partial charge < -0.3 is 10.2 Å². The summed E-state index contributed by atoms with van der Waals surface area (Å²) in [6, 6.07) is 10.2. The number of amides is 2. The van der Waals surface area contributed by atoms with Gasteiger partial charge in [-0.2, -0.15) is 15.0 Å². The number of ketones is 1. The lowest BCUT2D eigenvalue weighted by Gasteiger charge is -2.28. The Hall–Kier alpha value is -3.88. The fraction of sp³-hybridized carbons (Fsp3) is 0.292. The van der Waals surface area contributed by atoms with Gasteiger partial charge in [-0.25, -0.2) is 4.39 Å². The molecule has 0 unspecified atom stereocenters. The van der Waals surface area contributed by atoms with E-state index in [2.05, 4.69) is 15.5 Å². The molecule has 0 aliphatic heterocycles. The zero-order valence-corrected chi connectivity index (χ0v) is 18.8. The summed E-state index contributed by atoms with van der Waals surface area (Å²) >= 11 is 0. The second-order valence-electron chi connectivity index (χ2n) is 7.69. The number of Topliss-reactive ketones (excluding diaryl/α,β-unsaturated/α-hetero) is 1. The second kappa shape index (κ2) is 10.6. The molecule has 0 aliphatic carbocycles. The smallest absolute Gasteiger partial charge is 0.256 e. The molecule has 0 saturated carbocycles. The van der Waals surface area contributed by atoms with Gasteiger partial charge in [-0.15, -0.1) is 0 Å². The van der Waals surface area contributed by atoms with Crippen LogP contribution in [0.4, 0.5) is 4.39 Å². The van der Waals surface area contributed by atoms with Gasteiger partial charge in [-0.1, -0.05) is 11.6 Å². The number of halogens is 1. The first kappa shape index (κ1) is 23.8. The lowest BCUT2D eigenvalue weighted by Crippen LogP contribution is -2.42. The predicted molar refractivity (Wildman–Crippen MR) is 121 cm³/mol. The lowest BCUT2D eigenvalue weighted by molar-refractivity contribution is -0.121. The van der Waals surface area contributed by atoms with Gasteiger partial charge in [0, 0.05) is 24.6 Å². The summed E-state index contributed by atoms with van der Waals surface area (Å²) in [6.07, 6.45) is 3.09. The van der Waals surface area contributed by atoms with Crippen LogP contribution in [0.1, 0.15) is 46.5 Å². The standard InChI is InChI=1S/C24H26FN5O3/c1-4-29(24(33)20-13-16(2)5-10-21(20)30-27-11-12-28-30)17(3)14-23(32)26-15-22(31)18-6-8-19(25)9-7-18/h5-13,17H,4,14-15H2,1-3H3,(H,26,32)/t17-/m0/s1. The molecule has 172 valence electrons. The maximum absolute atomic E-state index is 13.4. The zero-order valence-electron chi connectivity index (χ0n) is 18.8. The van der Waals surface area contributed by atoms with E-state index in [4.69, 9.17) is 0 Å². The number of benzene rings is 2. The van der Waals surface area contributed by atoms with Crippen LogP contribution in [0.2, 0.25) is 0 Å². The Labute approximate surface area is 191 Å². The van der Waals surface area contributed by atoms with Crippen LogP contribution >= 0.6 is 0 Å². The van der Waals surface area contributed by atoms with Gasteiger partial charge in [-0.05, 0) is 57.2 Å². The topological polar surface area (TPSA) is 97.2 Å². The minimum absolute atomic E-state index is 0.0252. The van der Waals surface area contributed by atoms with Gasteiger partial charge in [0.1, 0.15) is 5.82 Å². The van der Waals surface area contributed by atoms with Crippen molar-refractivity contribution < 1.29 is 18.8 Å². The molecule has 0 saturated heterocycles. The van der Waals surface area contributed by atoms with Crippen molar-refractivity contribution in [1.29, 1.82) is 0 Å². The van der Waals surface area contributed by atoms with E-state index in [1.54, 1.807) is 24.0 Å². The number of aromatic nitrogens is 3. The molecule has 0 radical (unpaired) electrons. The molecule has 8 nitrogen and oxygen atoms in total. The molecule has 1 N–H and O–H groups in total. The van der Waals surface area contributed by atoms with E-state index >= 15 is 0 Å². The average molecular weight is 452 g/mol. The Balaban J connectivity index is 1.66. The molecule has 1 atom stereocenters. The number of rotatable bonds is 9. The summed E-state index contributed by atoms with van der Waals surface area (Å²) in [5, 5.41) is 10.8. The summed E-state index contributed by atoms with van der Waals surface area (Å²) in [7, 11) is 0. The molecule has 3 rings (SSSR count). The van der Waals surface area contributed by atoms with Gasteiger partial charge in [0.25, 0.3) is 5.91 Å². The number of carbonyl (C=O) groups excluding carboxylic acids is 3. The number of hydrogen-bond acceptors (Lipinski definition) is 5. The number of aryl methyl sites for hydroxylation is 1. The number of carbonyl (C=O) groups is 3. The van der Waals surface area contributed by atoms with E-state index in [9.17, 15) is 18.8 Å². The molecule has 9 heteroatoms. The number of hydrogen-bond donors (Lipinski definition) is 1. The van der Waals surface area contributed by atoms with Crippen molar-refractivity contribution in [3.05, 3.63) is 77.4 Å². The fourth-order valence-corrected chi connectivity index (χ4v) is 3.51. The molecule has 3 aromatic rings. The molecule has 0 spiro atoms. The van der Waals surface area contributed by atoms with Gasteiger partial charge >= 0.3 is 0 Å².